The van der Waals surface area contributed by atoms with Crippen molar-refractivity contribution in [2.24, 2.45) is 0 Å². The maximum absolute atomic E-state index is 12.4. The maximum Gasteiger partial charge on any atom is 0.262 e. The largest absolute Gasteiger partial charge is 0.497 e. The molecule has 29 heavy (non-hydrogen) atoms. The average Bonchev–Trinajstić information content (AvgIpc) is 2.77. The summed E-state index contributed by atoms with van der Waals surface area (Å²) in [4.78, 5) is 25.3. The number of ether oxygens (including phenoxy) is 2. The van der Waals surface area contributed by atoms with Crippen LogP contribution in [0.25, 0.3) is 0 Å². The predicted octanol–water partition coefficient (Wildman–Crippen LogP) is 4.69. The Balaban J connectivity index is 1.50. The Bertz CT molecular complexity index is 958. The van der Waals surface area contributed by atoms with Gasteiger partial charge in [0.05, 0.1) is 12.9 Å². The number of carbonyl (C=O) groups is 2. The van der Waals surface area contributed by atoms with E-state index in [0.29, 0.717) is 28.5 Å². The Hall–Kier alpha value is -3.25. The summed E-state index contributed by atoms with van der Waals surface area (Å²) < 4.78 is 10.5. The van der Waals surface area contributed by atoms with Crippen LogP contribution in [0.2, 0.25) is 0 Å². The average molecular weight is 407 g/mol. The summed E-state index contributed by atoms with van der Waals surface area (Å²) in [5.41, 5.74) is 1.30. The van der Waals surface area contributed by atoms with E-state index in [2.05, 4.69) is 5.32 Å². The van der Waals surface area contributed by atoms with E-state index in [4.69, 9.17) is 9.47 Å². The van der Waals surface area contributed by atoms with Crippen LogP contribution in [0.4, 0.5) is 5.69 Å². The number of thioether (sulfide) groups is 1. The summed E-state index contributed by atoms with van der Waals surface area (Å²) in [6.45, 7) is -0.0721. The third-order valence-electron chi connectivity index (χ3n) is 4.01. The van der Waals surface area contributed by atoms with Gasteiger partial charge in [0, 0.05) is 16.1 Å². The molecule has 0 saturated heterocycles. The molecule has 3 aromatic rings. The SMILES string of the molecule is COc1ccc(C(=O)CSc2cccc(NC(=O)COc3ccccc3)c2)cc1. The van der Waals surface area contributed by atoms with E-state index in [-0.39, 0.29) is 18.3 Å². The minimum atomic E-state index is -0.245. The molecule has 0 fully saturated rings. The van der Waals surface area contributed by atoms with Crippen LogP contribution in [0.5, 0.6) is 11.5 Å². The molecule has 3 aromatic carbocycles. The molecule has 0 bridgehead atoms. The summed E-state index contributed by atoms with van der Waals surface area (Å²) in [6, 6.07) is 23.6. The van der Waals surface area contributed by atoms with Gasteiger partial charge in [-0.3, -0.25) is 9.59 Å². The fraction of sp³-hybridized carbons (Fsp3) is 0.130. The van der Waals surface area contributed by atoms with Gasteiger partial charge < -0.3 is 14.8 Å². The van der Waals surface area contributed by atoms with Crippen molar-refractivity contribution in [1.82, 2.24) is 0 Å². The zero-order valence-corrected chi connectivity index (χ0v) is 16.8. The molecule has 0 unspecified atom stereocenters. The van der Waals surface area contributed by atoms with Crippen LogP contribution >= 0.6 is 11.8 Å². The molecule has 1 N–H and O–H groups in total. The molecule has 0 heterocycles. The number of amides is 1. The van der Waals surface area contributed by atoms with Gasteiger partial charge in [0.25, 0.3) is 5.91 Å². The van der Waals surface area contributed by atoms with Crippen LogP contribution in [-0.4, -0.2) is 31.2 Å². The third-order valence-corrected chi connectivity index (χ3v) is 5.01. The molecule has 148 valence electrons. The summed E-state index contributed by atoms with van der Waals surface area (Å²) in [7, 11) is 1.59. The van der Waals surface area contributed by atoms with Crippen molar-refractivity contribution >= 4 is 29.1 Å². The van der Waals surface area contributed by atoms with Crippen LogP contribution < -0.4 is 14.8 Å². The molecule has 0 aliphatic carbocycles. The van der Waals surface area contributed by atoms with Crippen molar-refractivity contribution in [3.05, 3.63) is 84.4 Å². The van der Waals surface area contributed by atoms with Gasteiger partial charge in [0.15, 0.2) is 12.4 Å². The van der Waals surface area contributed by atoms with Crippen molar-refractivity contribution in [3.8, 4) is 11.5 Å². The lowest BCUT2D eigenvalue weighted by Gasteiger charge is -2.09. The minimum absolute atomic E-state index is 0.0309. The van der Waals surface area contributed by atoms with Crippen molar-refractivity contribution in [2.45, 2.75) is 4.90 Å². The van der Waals surface area contributed by atoms with Crippen molar-refractivity contribution in [3.63, 3.8) is 0 Å². The number of hydrogen-bond donors (Lipinski definition) is 1. The number of rotatable bonds is 9. The number of benzene rings is 3. The van der Waals surface area contributed by atoms with E-state index in [1.165, 1.54) is 11.8 Å². The Kier molecular flexibility index (Phi) is 7.30. The molecule has 0 saturated carbocycles. The van der Waals surface area contributed by atoms with Gasteiger partial charge >= 0.3 is 0 Å². The standard InChI is InChI=1S/C23H21NO4S/c1-27-19-12-10-17(11-13-19)22(25)16-29-21-9-5-6-18(14-21)24-23(26)15-28-20-7-3-2-4-8-20/h2-14H,15-16H2,1H3,(H,24,26). The quantitative estimate of drug-likeness (QED) is 0.412. The van der Waals surface area contributed by atoms with E-state index in [1.54, 1.807) is 49.6 Å². The number of methoxy groups -OCH3 is 1. The second-order valence-corrected chi connectivity index (χ2v) is 7.17. The number of Topliss-reactive ketones (excluding diaryl/α,β-unsaturated/α-hetero) is 1. The number of anilines is 1. The highest BCUT2D eigenvalue weighted by Crippen LogP contribution is 2.23. The minimum Gasteiger partial charge on any atom is -0.497 e. The van der Waals surface area contributed by atoms with E-state index < -0.39 is 0 Å². The summed E-state index contributed by atoms with van der Waals surface area (Å²) >= 11 is 1.42. The number of para-hydroxylation sites is 1. The van der Waals surface area contributed by atoms with Crippen LogP contribution in [0.15, 0.2) is 83.8 Å². The number of carbonyl (C=O) groups excluding carboxylic acids is 2. The van der Waals surface area contributed by atoms with E-state index in [1.807, 2.05) is 36.4 Å². The van der Waals surface area contributed by atoms with E-state index in [0.717, 1.165) is 4.90 Å². The second kappa shape index (κ2) is 10.3. The Morgan fingerprint density at radius 3 is 2.38 bits per heavy atom. The maximum atomic E-state index is 12.4. The Morgan fingerprint density at radius 1 is 0.897 bits per heavy atom. The molecular weight excluding hydrogens is 386 g/mol. The van der Waals surface area contributed by atoms with E-state index in [9.17, 15) is 9.59 Å². The van der Waals surface area contributed by atoms with Gasteiger partial charge in [-0.1, -0.05) is 24.3 Å². The summed E-state index contributed by atoms with van der Waals surface area (Å²) in [5.74, 6) is 1.45. The lowest BCUT2D eigenvalue weighted by Crippen LogP contribution is -2.20. The first-order valence-electron chi connectivity index (χ1n) is 9.02. The van der Waals surface area contributed by atoms with Crippen LogP contribution in [0.3, 0.4) is 0 Å². The van der Waals surface area contributed by atoms with Gasteiger partial charge in [-0.05, 0) is 54.6 Å². The normalized spacial score (nSPS) is 10.2. The highest BCUT2D eigenvalue weighted by atomic mass is 32.2. The molecule has 0 atom stereocenters. The lowest BCUT2D eigenvalue weighted by atomic mass is 10.1. The molecule has 0 aliphatic rings. The molecule has 5 nitrogen and oxygen atoms in total. The number of hydrogen-bond acceptors (Lipinski definition) is 5. The lowest BCUT2D eigenvalue weighted by molar-refractivity contribution is -0.118. The third kappa shape index (κ3) is 6.40. The van der Waals surface area contributed by atoms with Crippen LogP contribution in [-0.2, 0) is 4.79 Å². The first kappa shape index (κ1) is 20.5. The fourth-order valence-corrected chi connectivity index (χ4v) is 3.38. The molecule has 1 amide bonds. The summed E-state index contributed by atoms with van der Waals surface area (Å²) in [5, 5.41) is 2.81. The molecular formula is C23H21NO4S. The van der Waals surface area contributed by atoms with Gasteiger partial charge in [0.1, 0.15) is 11.5 Å². The van der Waals surface area contributed by atoms with Gasteiger partial charge in [0.2, 0.25) is 0 Å². The van der Waals surface area contributed by atoms with Crippen molar-refractivity contribution in [1.29, 1.82) is 0 Å². The summed E-state index contributed by atoms with van der Waals surface area (Å²) in [6.07, 6.45) is 0. The van der Waals surface area contributed by atoms with Gasteiger partial charge in [-0.2, -0.15) is 0 Å². The first-order valence-corrected chi connectivity index (χ1v) is 10.0. The second-order valence-electron chi connectivity index (χ2n) is 6.12. The van der Waals surface area contributed by atoms with Gasteiger partial charge in [-0.25, -0.2) is 0 Å². The van der Waals surface area contributed by atoms with Crippen molar-refractivity contribution in [2.75, 3.05) is 24.8 Å². The van der Waals surface area contributed by atoms with Gasteiger partial charge in [-0.15, -0.1) is 11.8 Å². The zero-order valence-electron chi connectivity index (χ0n) is 16.0. The molecule has 3 rings (SSSR count). The van der Waals surface area contributed by atoms with Crippen LogP contribution in [0, 0.1) is 0 Å². The highest BCUT2D eigenvalue weighted by molar-refractivity contribution is 8.00. The molecule has 6 heteroatoms. The van der Waals surface area contributed by atoms with E-state index >= 15 is 0 Å². The Labute approximate surface area is 174 Å². The highest BCUT2D eigenvalue weighted by Gasteiger charge is 2.08. The molecule has 0 aromatic heterocycles. The molecule has 0 spiro atoms. The van der Waals surface area contributed by atoms with Crippen molar-refractivity contribution < 1.29 is 19.1 Å². The monoisotopic (exact) mass is 407 g/mol. The zero-order chi connectivity index (χ0) is 20.5. The number of nitrogens with one attached hydrogen (secondary N) is 1. The number of ketones is 1. The van der Waals surface area contributed by atoms with Crippen LogP contribution in [0.1, 0.15) is 10.4 Å². The molecule has 0 radical (unpaired) electrons. The predicted molar refractivity (Wildman–Crippen MR) is 115 cm³/mol. The molecule has 0 aliphatic heterocycles. The smallest absolute Gasteiger partial charge is 0.262 e. The topological polar surface area (TPSA) is 64.6 Å². The Morgan fingerprint density at radius 2 is 1.66 bits per heavy atom. The fourth-order valence-electron chi connectivity index (χ4n) is 2.54. The first-order chi connectivity index (χ1) is 14.1.